The van der Waals surface area contributed by atoms with Gasteiger partial charge in [0.2, 0.25) is 0 Å². The highest BCUT2D eigenvalue weighted by atomic mass is 16.5. The Labute approximate surface area is 133 Å². The molecule has 1 aromatic rings. The lowest BCUT2D eigenvalue weighted by molar-refractivity contribution is -0.106. The van der Waals surface area contributed by atoms with E-state index in [2.05, 4.69) is 44.0 Å². The van der Waals surface area contributed by atoms with Crippen molar-refractivity contribution < 1.29 is 14.3 Å². The van der Waals surface area contributed by atoms with E-state index >= 15 is 0 Å². The van der Waals surface area contributed by atoms with Crippen LogP contribution in [0.5, 0.6) is 5.75 Å². The summed E-state index contributed by atoms with van der Waals surface area (Å²) in [5.41, 5.74) is 2.75. The molecular weight excluding hydrogens is 278 g/mol. The van der Waals surface area contributed by atoms with Gasteiger partial charge in [0.15, 0.2) is 0 Å². The molecule has 0 bridgehead atoms. The first-order valence-corrected chi connectivity index (χ1v) is 8.06. The zero-order valence-corrected chi connectivity index (χ0v) is 14.0. The Kier molecular flexibility index (Phi) is 5.83. The number of hydrogen-bond acceptors (Lipinski definition) is 4. The zero-order valence-electron chi connectivity index (χ0n) is 14.0. The van der Waals surface area contributed by atoms with Crippen LogP contribution in [0.2, 0.25) is 0 Å². The van der Waals surface area contributed by atoms with Crippen LogP contribution in [0, 0.1) is 5.92 Å². The second kappa shape index (κ2) is 7.63. The minimum absolute atomic E-state index is 0.232. The number of carbonyl (C=O) groups is 1. The molecule has 3 atom stereocenters. The summed E-state index contributed by atoms with van der Waals surface area (Å²) in [4.78, 5) is 11.2. The first kappa shape index (κ1) is 16.8. The van der Waals surface area contributed by atoms with Gasteiger partial charge in [0, 0.05) is 25.2 Å². The Morgan fingerprint density at radius 3 is 2.73 bits per heavy atom. The van der Waals surface area contributed by atoms with Gasteiger partial charge < -0.3 is 19.2 Å². The number of nitrogens with zero attached hydrogens (tertiary/aromatic N) is 1. The Bertz CT molecular complexity index is 497. The van der Waals surface area contributed by atoms with E-state index in [1.54, 1.807) is 0 Å². The van der Waals surface area contributed by atoms with Crippen LogP contribution in [0.1, 0.15) is 32.8 Å². The van der Waals surface area contributed by atoms with Crippen LogP contribution < -0.4 is 9.64 Å². The maximum Gasteiger partial charge on any atom is 0.124 e. The maximum atomic E-state index is 8.81. The fourth-order valence-corrected chi connectivity index (χ4v) is 3.06. The molecule has 4 nitrogen and oxygen atoms in total. The normalized spacial score (nSPS) is 26.7. The van der Waals surface area contributed by atoms with Crippen molar-refractivity contribution in [2.45, 2.75) is 45.8 Å². The monoisotopic (exact) mass is 305 g/mol. The van der Waals surface area contributed by atoms with Crippen molar-refractivity contribution in [1.29, 1.82) is 0 Å². The molecular formula is C18H27NO3. The van der Waals surface area contributed by atoms with E-state index < -0.39 is 0 Å². The summed E-state index contributed by atoms with van der Waals surface area (Å²) < 4.78 is 11.4. The molecule has 2 aliphatic heterocycles. The van der Waals surface area contributed by atoms with Gasteiger partial charge in [-0.2, -0.15) is 0 Å². The summed E-state index contributed by atoms with van der Waals surface area (Å²) in [6.45, 7) is 7.62. The first-order chi connectivity index (χ1) is 10.6. The molecule has 0 spiro atoms. The summed E-state index contributed by atoms with van der Waals surface area (Å²) in [6, 6.07) is 7.11. The summed E-state index contributed by atoms with van der Waals surface area (Å²) in [6.07, 6.45) is 3.12. The van der Waals surface area contributed by atoms with Crippen LogP contribution in [0.4, 0.5) is 5.69 Å². The van der Waals surface area contributed by atoms with Gasteiger partial charge in [0.25, 0.3) is 0 Å². The number of ether oxygens (including phenoxy) is 2. The van der Waals surface area contributed by atoms with Gasteiger partial charge in [0.05, 0.1) is 13.2 Å². The Morgan fingerprint density at radius 1 is 1.36 bits per heavy atom. The van der Waals surface area contributed by atoms with Gasteiger partial charge >= 0.3 is 0 Å². The molecule has 2 heterocycles. The van der Waals surface area contributed by atoms with Gasteiger partial charge in [-0.05, 0) is 49.9 Å². The van der Waals surface area contributed by atoms with Gasteiger partial charge in [-0.25, -0.2) is 0 Å². The maximum absolute atomic E-state index is 8.81. The topological polar surface area (TPSA) is 38.8 Å². The average Bonchev–Trinajstić information content (AvgIpc) is 2.98. The van der Waals surface area contributed by atoms with Crippen molar-refractivity contribution in [2.24, 2.45) is 5.92 Å². The van der Waals surface area contributed by atoms with Crippen LogP contribution in [0.25, 0.3) is 0 Å². The predicted octanol–water partition coefficient (Wildman–Crippen LogP) is 3.08. The van der Waals surface area contributed by atoms with Crippen molar-refractivity contribution in [3.8, 4) is 5.75 Å². The molecule has 0 radical (unpaired) electrons. The second-order valence-electron chi connectivity index (χ2n) is 6.16. The Hall–Kier alpha value is -1.55. The standard InChI is InChI=1S/C16H23NO2.C2H4O/c1-11-8-13-9-14(19-15-6-7-18-10-15)4-5-16(13)17(3)12(11)2;1-2-3/h4-5,9,11-12,15H,6-8,10H2,1-3H3;2H,1H3/t11?,12-,15?;/m0./s1. The number of anilines is 1. The molecule has 0 aromatic heterocycles. The third-order valence-corrected chi connectivity index (χ3v) is 4.60. The third kappa shape index (κ3) is 3.80. The van der Waals surface area contributed by atoms with E-state index in [9.17, 15) is 0 Å². The minimum Gasteiger partial charge on any atom is -0.488 e. The van der Waals surface area contributed by atoms with Crippen LogP contribution >= 0.6 is 0 Å². The summed E-state index contributed by atoms with van der Waals surface area (Å²) in [5, 5.41) is 0. The Morgan fingerprint density at radius 2 is 2.09 bits per heavy atom. The fourth-order valence-electron chi connectivity index (χ4n) is 3.06. The quantitative estimate of drug-likeness (QED) is 0.787. The van der Waals surface area contributed by atoms with Crippen molar-refractivity contribution >= 4 is 12.0 Å². The highest BCUT2D eigenvalue weighted by molar-refractivity contribution is 5.58. The lowest BCUT2D eigenvalue weighted by atomic mass is 9.88. The molecule has 3 rings (SSSR count). The minimum atomic E-state index is 0.232. The summed E-state index contributed by atoms with van der Waals surface area (Å²) in [5.74, 6) is 1.67. The summed E-state index contributed by atoms with van der Waals surface area (Å²) in [7, 11) is 2.19. The smallest absolute Gasteiger partial charge is 0.124 e. The number of fused-ring (bicyclic) bond motifs is 1. The molecule has 1 fully saturated rings. The molecule has 0 N–H and O–H groups in total. The molecule has 0 aliphatic carbocycles. The van der Waals surface area contributed by atoms with E-state index in [0.29, 0.717) is 12.0 Å². The lowest BCUT2D eigenvalue weighted by Crippen LogP contribution is -2.39. The van der Waals surface area contributed by atoms with Crippen molar-refractivity contribution in [1.82, 2.24) is 0 Å². The zero-order chi connectivity index (χ0) is 16.1. The molecule has 0 amide bonds. The first-order valence-electron chi connectivity index (χ1n) is 8.06. The molecule has 1 aromatic carbocycles. The molecule has 1 saturated heterocycles. The number of rotatable bonds is 2. The number of benzene rings is 1. The van der Waals surface area contributed by atoms with Gasteiger partial charge in [-0.3, -0.25) is 0 Å². The number of aldehydes is 1. The van der Waals surface area contributed by atoms with E-state index in [4.69, 9.17) is 14.3 Å². The molecule has 0 saturated carbocycles. The highest BCUT2D eigenvalue weighted by Gasteiger charge is 2.26. The predicted molar refractivity (Wildman–Crippen MR) is 88.8 cm³/mol. The van der Waals surface area contributed by atoms with Crippen molar-refractivity contribution in [3.63, 3.8) is 0 Å². The largest absolute Gasteiger partial charge is 0.488 e. The lowest BCUT2D eigenvalue weighted by Gasteiger charge is -2.38. The van der Waals surface area contributed by atoms with Crippen molar-refractivity contribution in [2.75, 3.05) is 25.2 Å². The van der Waals surface area contributed by atoms with Crippen LogP contribution in [-0.2, 0) is 16.0 Å². The van der Waals surface area contributed by atoms with Crippen LogP contribution in [-0.4, -0.2) is 38.7 Å². The van der Waals surface area contributed by atoms with E-state index in [1.807, 2.05) is 0 Å². The molecule has 2 unspecified atom stereocenters. The molecule has 4 heteroatoms. The molecule has 2 aliphatic rings. The summed E-state index contributed by atoms with van der Waals surface area (Å²) >= 11 is 0. The number of carbonyl (C=O) groups excluding carboxylic acids is 1. The SMILES string of the molecule is CC1Cc2cc(OC3CCOC3)ccc2N(C)[C@H]1C.CC=O. The second-order valence-corrected chi connectivity index (χ2v) is 6.16. The van der Waals surface area contributed by atoms with Gasteiger partial charge in [-0.15, -0.1) is 0 Å². The fraction of sp³-hybridized carbons (Fsp3) is 0.611. The third-order valence-electron chi connectivity index (χ3n) is 4.60. The Balaban J connectivity index is 0.000000545. The molecule has 22 heavy (non-hydrogen) atoms. The number of hydrogen-bond donors (Lipinski definition) is 0. The van der Waals surface area contributed by atoms with Crippen molar-refractivity contribution in [3.05, 3.63) is 23.8 Å². The highest BCUT2D eigenvalue weighted by Crippen LogP contribution is 2.35. The molecule has 122 valence electrons. The van der Waals surface area contributed by atoms with Crippen LogP contribution in [0.3, 0.4) is 0 Å². The average molecular weight is 305 g/mol. The van der Waals surface area contributed by atoms with Gasteiger partial charge in [-0.1, -0.05) is 6.92 Å². The van der Waals surface area contributed by atoms with Crippen LogP contribution in [0.15, 0.2) is 18.2 Å². The van der Waals surface area contributed by atoms with E-state index in [1.165, 1.54) is 18.2 Å². The van der Waals surface area contributed by atoms with Gasteiger partial charge in [0.1, 0.15) is 18.1 Å². The van der Waals surface area contributed by atoms with E-state index in [0.717, 1.165) is 38.1 Å². The van der Waals surface area contributed by atoms with E-state index in [-0.39, 0.29) is 6.10 Å².